The fraction of sp³-hybridized carbons (Fsp3) is 0.500. The minimum Gasteiger partial charge on any atom is -0.311 e. The van der Waals surface area contributed by atoms with E-state index >= 15 is 0 Å². The molecule has 4 heteroatoms. The molecule has 0 heterocycles. The summed E-state index contributed by atoms with van der Waals surface area (Å²) in [6, 6.07) is 5.95. The van der Waals surface area contributed by atoms with E-state index < -0.39 is 0 Å². The molecule has 1 aromatic carbocycles. The summed E-state index contributed by atoms with van der Waals surface area (Å²) in [4.78, 5) is 0. The first-order chi connectivity index (χ1) is 7.65. The fourth-order valence-corrected chi connectivity index (χ4v) is 3.26. The zero-order valence-electron chi connectivity index (χ0n) is 9.22. The summed E-state index contributed by atoms with van der Waals surface area (Å²) < 4.78 is 1.61. The van der Waals surface area contributed by atoms with Gasteiger partial charge in [-0.1, -0.05) is 33.6 Å². The van der Waals surface area contributed by atoms with E-state index in [9.17, 15) is 0 Å². The Morgan fingerprint density at radius 1 is 1.50 bits per heavy atom. The predicted octanol–water partition coefficient (Wildman–Crippen LogP) is 4.09. The Morgan fingerprint density at radius 3 is 2.81 bits per heavy atom. The second-order valence-corrected chi connectivity index (χ2v) is 6.79. The van der Waals surface area contributed by atoms with Crippen LogP contribution in [0, 0.1) is 0 Å². The Hall–Kier alpha value is 0.300. The van der Waals surface area contributed by atoms with Gasteiger partial charge in [0.05, 0.1) is 0 Å². The van der Waals surface area contributed by atoms with Crippen LogP contribution >= 0.6 is 39.3 Å². The first-order valence-electron chi connectivity index (χ1n) is 5.35. The van der Waals surface area contributed by atoms with Crippen LogP contribution in [-0.4, -0.2) is 17.5 Å². The molecule has 0 spiro atoms. The van der Waals surface area contributed by atoms with Gasteiger partial charge in [-0.05, 0) is 36.8 Å². The van der Waals surface area contributed by atoms with Crippen LogP contribution in [0.3, 0.4) is 0 Å². The summed E-state index contributed by atoms with van der Waals surface area (Å²) in [7, 11) is 0. The van der Waals surface area contributed by atoms with Crippen LogP contribution in [-0.2, 0) is 6.54 Å². The van der Waals surface area contributed by atoms with Crippen molar-refractivity contribution in [1.29, 1.82) is 0 Å². The van der Waals surface area contributed by atoms with Crippen LogP contribution < -0.4 is 5.32 Å². The minimum atomic E-state index is 0.527. The van der Waals surface area contributed by atoms with Crippen molar-refractivity contribution >= 4 is 39.3 Å². The average molecular weight is 321 g/mol. The van der Waals surface area contributed by atoms with Gasteiger partial charge < -0.3 is 5.32 Å². The normalized spacial score (nSPS) is 17.4. The third-order valence-electron chi connectivity index (χ3n) is 3.02. The molecule has 0 aliphatic heterocycles. The molecule has 0 radical (unpaired) electrons. The van der Waals surface area contributed by atoms with Crippen molar-refractivity contribution in [2.75, 3.05) is 12.8 Å². The molecule has 0 amide bonds. The molecule has 1 N–H and O–H groups in total. The Kier molecular flexibility index (Phi) is 4.22. The molecule has 1 aliphatic rings. The lowest BCUT2D eigenvalue weighted by Crippen LogP contribution is -2.25. The van der Waals surface area contributed by atoms with E-state index in [1.165, 1.54) is 18.4 Å². The van der Waals surface area contributed by atoms with E-state index in [0.29, 0.717) is 4.75 Å². The van der Waals surface area contributed by atoms with Crippen molar-refractivity contribution in [2.45, 2.75) is 24.1 Å². The number of benzene rings is 1. The first-order valence-corrected chi connectivity index (χ1v) is 7.75. The van der Waals surface area contributed by atoms with E-state index in [0.717, 1.165) is 22.6 Å². The number of thioether (sulfide) groups is 1. The standard InChI is InChI=1S/C12H15BrClNS/c1-16-12(4-5-12)8-15-7-9-2-3-10(14)6-11(9)13/h2-3,6,15H,4-5,7-8H2,1H3. The topological polar surface area (TPSA) is 12.0 Å². The second kappa shape index (κ2) is 5.30. The van der Waals surface area contributed by atoms with Gasteiger partial charge in [-0.3, -0.25) is 0 Å². The van der Waals surface area contributed by atoms with Crippen molar-refractivity contribution in [3.63, 3.8) is 0 Å². The summed E-state index contributed by atoms with van der Waals surface area (Å²) in [5.41, 5.74) is 1.27. The maximum atomic E-state index is 5.90. The third-order valence-corrected chi connectivity index (χ3v) is 5.41. The van der Waals surface area contributed by atoms with E-state index in [4.69, 9.17) is 11.6 Å². The lowest BCUT2D eigenvalue weighted by Gasteiger charge is -2.13. The number of hydrogen-bond donors (Lipinski definition) is 1. The van der Waals surface area contributed by atoms with Crippen LogP contribution in [0.5, 0.6) is 0 Å². The SMILES string of the molecule is CSC1(CNCc2ccc(Cl)cc2Br)CC1. The van der Waals surface area contributed by atoms with E-state index in [1.807, 2.05) is 23.9 Å². The summed E-state index contributed by atoms with van der Waals surface area (Å²) >= 11 is 11.4. The summed E-state index contributed by atoms with van der Waals surface area (Å²) in [5, 5.41) is 4.30. The van der Waals surface area contributed by atoms with Gasteiger partial charge in [-0.15, -0.1) is 0 Å². The lowest BCUT2D eigenvalue weighted by molar-refractivity contribution is 0.662. The van der Waals surface area contributed by atoms with Gasteiger partial charge in [-0.25, -0.2) is 0 Å². The number of nitrogens with one attached hydrogen (secondary N) is 1. The molecule has 2 rings (SSSR count). The molecular weight excluding hydrogens is 306 g/mol. The minimum absolute atomic E-state index is 0.527. The van der Waals surface area contributed by atoms with Crippen LogP contribution in [0.4, 0.5) is 0 Å². The zero-order valence-corrected chi connectivity index (χ0v) is 12.4. The summed E-state index contributed by atoms with van der Waals surface area (Å²) in [6.07, 6.45) is 4.90. The van der Waals surface area contributed by atoms with Crippen molar-refractivity contribution < 1.29 is 0 Å². The van der Waals surface area contributed by atoms with Crippen molar-refractivity contribution in [3.8, 4) is 0 Å². The molecule has 1 saturated carbocycles. The lowest BCUT2D eigenvalue weighted by atomic mass is 10.2. The molecule has 88 valence electrons. The van der Waals surface area contributed by atoms with E-state index in [-0.39, 0.29) is 0 Å². The second-order valence-electron chi connectivity index (χ2n) is 4.23. The molecular formula is C12H15BrClNS. The van der Waals surface area contributed by atoms with Crippen LogP contribution in [0.1, 0.15) is 18.4 Å². The highest BCUT2D eigenvalue weighted by Gasteiger charge is 2.41. The monoisotopic (exact) mass is 319 g/mol. The van der Waals surface area contributed by atoms with Gasteiger partial charge in [-0.2, -0.15) is 11.8 Å². The fourth-order valence-electron chi connectivity index (χ4n) is 1.68. The first kappa shape index (κ1) is 12.7. The zero-order chi connectivity index (χ0) is 11.6. The molecule has 0 aromatic heterocycles. The van der Waals surface area contributed by atoms with Crippen LogP contribution in [0.2, 0.25) is 5.02 Å². The highest BCUT2D eigenvalue weighted by atomic mass is 79.9. The Morgan fingerprint density at radius 2 is 2.25 bits per heavy atom. The molecule has 1 nitrogen and oxygen atoms in total. The Balaban J connectivity index is 1.85. The van der Waals surface area contributed by atoms with Crippen molar-refractivity contribution in [3.05, 3.63) is 33.3 Å². The van der Waals surface area contributed by atoms with E-state index in [1.54, 1.807) is 0 Å². The third kappa shape index (κ3) is 3.16. The van der Waals surface area contributed by atoms with Crippen molar-refractivity contribution in [1.82, 2.24) is 5.32 Å². The highest BCUT2D eigenvalue weighted by Crippen LogP contribution is 2.46. The Labute approximate surface area is 114 Å². The number of hydrogen-bond acceptors (Lipinski definition) is 2. The van der Waals surface area contributed by atoms with Crippen molar-refractivity contribution in [2.24, 2.45) is 0 Å². The molecule has 0 unspecified atom stereocenters. The van der Waals surface area contributed by atoms with E-state index in [2.05, 4.69) is 33.6 Å². The molecule has 1 aromatic rings. The average Bonchev–Trinajstić information content (AvgIpc) is 3.02. The molecule has 1 aliphatic carbocycles. The molecule has 0 atom stereocenters. The highest BCUT2D eigenvalue weighted by molar-refractivity contribution is 9.10. The Bertz CT molecular complexity index is 379. The maximum Gasteiger partial charge on any atom is 0.0417 e. The molecule has 16 heavy (non-hydrogen) atoms. The van der Waals surface area contributed by atoms with Crippen LogP contribution in [0.25, 0.3) is 0 Å². The largest absolute Gasteiger partial charge is 0.311 e. The summed E-state index contributed by atoms with van der Waals surface area (Å²) in [5.74, 6) is 0. The maximum absolute atomic E-state index is 5.90. The smallest absolute Gasteiger partial charge is 0.0417 e. The van der Waals surface area contributed by atoms with Gasteiger partial charge >= 0.3 is 0 Å². The van der Waals surface area contributed by atoms with Gasteiger partial charge in [0.15, 0.2) is 0 Å². The summed E-state index contributed by atoms with van der Waals surface area (Å²) in [6.45, 7) is 2.00. The number of rotatable bonds is 5. The quantitative estimate of drug-likeness (QED) is 0.877. The molecule has 0 saturated heterocycles. The van der Waals surface area contributed by atoms with Crippen LogP contribution in [0.15, 0.2) is 22.7 Å². The van der Waals surface area contributed by atoms with Gasteiger partial charge in [0.25, 0.3) is 0 Å². The molecule has 0 bridgehead atoms. The predicted molar refractivity (Wildman–Crippen MR) is 76.3 cm³/mol. The number of halogens is 2. The molecule has 1 fully saturated rings. The van der Waals surface area contributed by atoms with Gasteiger partial charge in [0.1, 0.15) is 0 Å². The van der Waals surface area contributed by atoms with Gasteiger partial charge in [0, 0.05) is 27.3 Å². The van der Waals surface area contributed by atoms with Gasteiger partial charge in [0.2, 0.25) is 0 Å².